The molecule has 5 heteroatoms. The van der Waals surface area contributed by atoms with E-state index in [0.717, 1.165) is 7.11 Å². The molecule has 0 radical (unpaired) electrons. The SMILES string of the molecule is COC(=O)O.ClCCCl. The van der Waals surface area contributed by atoms with Gasteiger partial charge in [0, 0.05) is 11.8 Å². The predicted octanol–water partition coefficient (Wildman–Crippen LogP) is 1.77. The Morgan fingerprint density at radius 2 is 1.78 bits per heavy atom. The second-order valence-corrected chi connectivity index (χ2v) is 1.60. The Morgan fingerprint density at radius 1 is 1.56 bits per heavy atom. The molecule has 0 aliphatic rings. The summed E-state index contributed by atoms with van der Waals surface area (Å²) in [6.45, 7) is 0. The standard InChI is InChI=1S/C2H4Cl2.C2H4O3/c3-1-2-4;1-5-2(3)4/h1-2H2;1H3,(H,3,4). The van der Waals surface area contributed by atoms with Crippen LogP contribution in [0.15, 0.2) is 0 Å². The van der Waals surface area contributed by atoms with Crippen molar-refractivity contribution in [3.63, 3.8) is 0 Å². The molecule has 3 nitrogen and oxygen atoms in total. The lowest BCUT2D eigenvalue weighted by Crippen LogP contribution is -1.91. The smallest absolute Gasteiger partial charge is 0.450 e. The van der Waals surface area contributed by atoms with Crippen molar-refractivity contribution in [1.82, 2.24) is 0 Å². The van der Waals surface area contributed by atoms with Gasteiger partial charge in [0.05, 0.1) is 7.11 Å². The van der Waals surface area contributed by atoms with E-state index in [2.05, 4.69) is 4.74 Å². The molecule has 0 aromatic carbocycles. The van der Waals surface area contributed by atoms with Crippen LogP contribution in [0.2, 0.25) is 0 Å². The highest BCUT2D eigenvalue weighted by molar-refractivity contribution is 6.25. The minimum atomic E-state index is -1.25. The number of methoxy groups -OCH3 is 1. The number of alkyl halides is 2. The van der Waals surface area contributed by atoms with E-state index >= 15 is 0 Å². The van der Waals surface area contributed by atoms with Gasteiger partial charge in [0.2, 0.25) is 0 Å². The molecule has 1 N–H and O–H groups in total. The van der Waals surface area contributed by atoms with Crippen molar-refractivity contribution in [1.29, 1.82) is 0 Å². The highest BCUT2D eigenvalue weighted by atomic mass is 35.5. The van der Waals surface area contributed by atoms with Gasteiger partial charge in [0.1, 0.15) is 0 Å². The molecule has 0 aromatic rings. The zero-order chi connectivity index (χ0) is 7.70. The third-order valence-corrected chi connectivity index (χ3v) is 0.817. The van der Waals surface area contributed by atoms with E-state index in [1.54, 1.807) is 0 Å². The second-order valence-electron chi connectivity index (χ2n) is 0.848. The first-order valence-electron chi connectivity index (χ1n) is 2.07. The number of hydrogen-bond acceptors (Lipinski definition) is 2. The predicted molar refractivity (Wildman–Crippen MR) is 36.5 cm³/mol. The summed E-state index contributed by atoms with van der Waals surface area (Å²) in [7, 11) is 1.10. The topological polar surface area (TPSA) is 46.5 Å². The van der Waals surface area contributed by atoms with Gasteiger partial charge in [-0.1, -0.05) is 0 Å². The van der Waals surface area contributed by atoms with E-state index in [9.17, 15) is 0 Å². The molecule has 0 aliphatic carbocycles. The second kappa shape index (κ2) is 10.8. The normalized spacial score (nSPS) is 7.00. The molecule has 0 saturated carbocycles. The lowest BCUT2D eigenvalue weighted by molar-refractivity contribution is 0.114. The Morgan fingerprint density at radius 3 is 1.78 bits per heavy atom. The molecule has 0 fully saturated rings. The average Bonchev–Trinajstić information content (AvgIpc) is 1.89. The fourth-order valence-electron chi connectivity index (χ4n) is 0. The summed E-state index contributed by atoms with van der Waals surface area (Å²) < 4.78 is 3.67. The van der Waals surface area contributed by atoms with Crippen molar-refractivity contribution in [3.05, 3.63) is 0 Å². The fourth-order valence-corrected chi connectivity index (χ4v) is 0. The van der Waals surface area contributed by atoms with E-state index in [4.69, 9.17) is 33.1 Å². The molecule has 0 unspecified atom stereocenters. The molecule has 0 atom stereocenters. The van der Waals surface area contributed by atoms with E-state index in [1.807, 2.05) is 0 Å². The van der Waals surface area contributed by atoms with Crippen LogP contribution in [-0.4, -0.2) is 30.1 Å². The minimum Gasteiger partial charge on any atom is -0.450 e. The number of ether oxygens (including phenoxy) is 1. The van der Waals surface area contributed by atoms with Gasteiger partial charge in [-0.15, -0.1) is 23.2 Å². The molecular weight excluding hydrogens is 167 g/mol. The Labute approximate surface area is 63.5 Å². The number of hydrogen-bond donors (Lipinski definition) is 1. The molecule has 0 aromatic heterocycles. The maximum atomic E-state index is 9.15. The summed E-state index contributed by atoms with van der Waals surface area (Å²) in [4.78, 5) is 9.15. The first-order valence-corrected chi connectivity index (χ1v) is 3.14. The van der Waals surface area contributed by atoms with Crippen molar-refractivity contribution < 1.29 is 14.6 Å². The van der Waals surface area contributed by atoms with Gasteiger partial charge in [-0.2, -0.15) is 0 Å². The van der Waals surface area contributed by atoms with E-state index in [-0.39, 0.29) is 0 Å². The van der Waals surface area contributed by atoms with Crippen LogP contribution in [-0.2, 0) is 4.74 Å². The maximum Gasteiger partial charge on any atom is 0.505 e. The zero-order valence-electron chi connectivity index (χ0n) is 4.93. The molecule has 0 spiro atoms. The summed E-state index contributed by atoms with van der Waals surface area (Å²) in [6.07, 6.45) is -1.25. The minimum absolute atomic E-state index is 0.557. The van der Waals surface area contributed by atoms with Crippen molar-refractivity contribution in [2.45, 2.75) is 0 Å². The van der Waals surface area contributed by atoms with Crippen molar-refractivity contribution in [3.8, 4) is 0 Å². The molecular formula is C4H8Cl2O3. The maximum absolute atomic E-state index is 9.15. The summed E-state index contributed by atoms with van der Waals surface area (Å²) in [5.41, 5.74) is 0. The Hall–Kier alpha value is -0.150. The third kappa shape index (κ3) is 33.1. The highest BCUT2D eigenvalue weighted by Crippen LogP contribution is 1.75. The van der Waals surface area contributed by atoms with Crippen LogP contribution in [0.1, 0.15) is 0 Å². The quantitative estimate of drug-likeness (QED) is 0.487. The van der Waals surface area contributed by atoms with E-state index in [0.29, 0.717) is 11.8 Å². The van der Waals surface area contributed by atoms with Crippen LogP contribution < -0.4 is 0 Å². The summed E-state index contributed by atoms with van der Waals surface area (Å²) >= 11 is 10.1. The van der Waals surface area contributed by atoms with Gasteiger partial charge >= 0.3 is 6.16 Å². The molecule has 9 heavy (non-hydrogen) atoms. The molecule has 0 amide bonds. The Bertz CT molecular complexity index is 64.8. The van der Waals surface area contributed by atoms with Crippen LogP contribution in [0.5, 0.6) is 0 Å². The first-order chi connectivity index (χ1) is 4.18. The number of halogens is 2. The van der Waals surface area contributed by atoms with Gasteiger partial charge in [-0.3, -0.25) is 0 Å². The Balaban J connectivity index is 0. The molecule has 0 rings (SSSR count). The van der Waals surface area contributed by atoms with Gasteiger partial charge in [0.15, 0.2) is 0 Å². The third-order valence-electron chi connectivity index (χ3n) is 0.246. The summed E-state index contributed by atoms with van der Waals surface area (Å²) in [5.74, 6) is 1.11. The average molecular weight is 175 g/mol. The number of carboxylic acid groups (broad SMARTS) is 1. The molecule has 56 valence electrons. The van der Waals surface area contributed by atoms with Crippen LogP contribution in [0, 0.1) is 0 Å². The molecule has 0 aliphatic heterocycles. The highest BCUT2D eigenvalue weighted by Gasteiger charge is 1.80. The van der Waals surface area contributed by atoms with Crippen LogP contribution >= 0.6 is 23.2 Å². The van der Waals surface area contributed by atoms with Gasteiger partial charge in [0.25, 0.3) is 0 Å². The van der Waals surface area contributed by atoms with Crippen LogP contribution in [0.25, 0.3) is 0 Å². The molecule has 0 heterocycles. The van der Waals surface area contributed by atoms with Crippen molar-refractivity contribution in [2.75, 3.05) is 18.9 Å². The molecule has 0 bridgehead atoms. The lowest BCUT2D eigenvalue weighted by atomic mass is 11.0. The van der Waals surface area contributed by atoms with E-state index < -0.39 is 6.16 Å². The summed E-state index contributed by atoms with van der Waals surface area (Å²) in [6, 6.07) is 0. The zero-order valence-corrected chi connectivity index (χ0v) is 6.45. The van der Waals surface area contributed by atoms with Crippen molar-refractivity contribution >= 4 is 29.4 Å². The molecule has 0 saturated heterocycles. The van der Waals surface area contributed by atoms with Crippen molar-refractivity contribution in [2.24, 2.45) is 0 Å². The summed E-state index contributed by atoms with van der Waals surface area (Å²) in [5, 5.41) is 7.50. The van der Waals surface area contributed by atoms with E-state index in [1.165, 1.54) is 0 Å². The van der Waals surface area contributed by atoms with Crippen LogP contribution in [0.3, 0.4) is 0 Å². The van der Waals surface area contributed by atoms with Crippen LogP contribution in [0.4, 0.5) is 4.79 Å². The van der Waals surface area contributed by atoms with Gasteiger partial charge in [-0.25, -0.2) is 4.79 Å². The largest absolute Gasteiger partial charge is 0.505 e. The fraction of sp³-hybridized carbons (Fsp3) is 0.750. The first kappa shape index (κ1) is 11.6. The monoisotopic (exact) mass is 174 g/mol. The van der Waals surface area contributed by atoms with Gasteiger partial charge in [-0.05, 0) is 0 Å². The Kier molecular flexibility index (Phi) is 13.9. The lowest BCUT2D eigenvalue weighted by Gasteiger charge is -1.79. The van der Waals surface area contributed by atoms with Gasteiger partial charge < -0.3 is 9.84 Å². The number of rotatable bonds is 1. The number of carbonyl (C=O) groups is 1.